The van der Waals surface area contributed by atoms with Crippen LogP contribution >= 0.6 is 0 Å². The third-order valence-electron chi connectivity index (χ3n) is 3.85. The van der Waals surface area contributed by atoms with Crippen LogP contribution in [0.2, 0.25) is 0 Å². The van der Waals surface area contributed by atoms with Gasteiger partial charge in [0, 0.05) is 12.6 Å². The fraction of sp³-hybridized carbons (Fsp3) is 0.438. The van der Waals surface area contributed by atoms with E-state index in [-0.39, 0.29) is 16.9 Å². The van der Waals surface area contributed by atoms with Crippen molar-refractivity contribution in [1.82, 2.24) is 5.32 Å². The SMILES string of the molecule is COC(=O)/C=C/C1(C(C)(C)C)NCc2ccccc21. The van der Waals surface area contributed by atoms with Crippen molar-refractivity contribution in [2.75, 3.05) is 7.11 Å². The molecule has 1 heterocycles. The quantitative estimate of drug-likeness (QED) is 0.655. The molecule has 1 N–H and O–H groups in total. The van der Waals surface area contributed by atoms with Gasteiger partial charge in [0.05, 0.1) is 12.6 Å². The Kier molecular flexibility index (Phi) is 3.50. The van der Waals surface area contributed by atoms with Gasteiger partial charge in [-0.1, -0.05) is 51.1 Å². The monoisotopic (exact) mass is 259 g/mol. The average Bonchev–Trinajstić information content (AvgIpc) is 2.76. The van der Waals surface area contributed by atoms with Gasteiger partial charge in [-0.15, -0.1) is 0 Å². The molecule has 2 rings (SSSR count). The standard InChI is InChI=1S/C16H21NO2/c1-15(2,3)16(10-9-14(18)19-4)13-8-6-5-7-12(13)11-17-16/h5-10,17H,11H2,1-4H3/b10-9+. The fourth-order valence-corrected chi connectivity index (χ4v) is 2.72. The summed E-state index contributed by atoms with van der Waals surface area (Å²) in [6, 6.07) is 8.34. The van der Waals surface area contributed by atoms with Crippen molar-refractivity contribution in [2.45, 2.75) is 32.9 Å². The number of benzene rings is 1. The third kappa shape index (κ3) is 2.30. The number of methoxy groups -OCH3 is 1. The van der Waals surface area contributed by atoms with Gasteiger partial charge < -0.3 is 4.74 Å². The van der Waals surface area contributed by atoms with E-state index in [0.717, 1.165) is 6.54 Å². The summed E-state index contributed by atoms with van der Waals surface area (Å²) in [5.74, 6) is -0.324. The molecule has 1 unspecified atom stereocenters. The molecule has 0 radical (unpaired) electrons. The lowest BCUT2D eigenvalue weighted by molar-refractivity contribution is -0.134. The van der Waals surface area contributed by atoms with Crippen molar-refractivity contribution in [3.05, 3.63) is 47.5 Å². The minimum atomic E-state index is -0.336. The van der Waals surface area contributed by atoms with E-state index in [1.165, 1.54) is 24.3 Å². The number of fused-ring (bicyclic) bond motifs is 1. The third-order valence-corrected chi connectivity index (χ3v) is 3.85. The highest BCUT2D eigenvalue weighted by Crippen LogP contribution is 2.45. The minimum absolute atomic E-state index is 0.0515. The molecule has 0 fully saturated rings. The molecule has 0 aromatic heterocycles. The van der Waals surface area contributed by atoms with Gasteiger partial charge in [0.2, 0.25) is 0 Å². The maximum absolute atomic E-state index is 11.4. The molecule has 0 aliphatic carbocycles. The van der Waals surface area contributed by atoms with Gasteiger partial charge in [0.15, 0.2) is 0 Å². The lowest BCUT2D eigenvalue weighted by Gasteiger charge is -2.40. The molecule has 0 saturated heterocycles. The molecule has 3 nitrogen and oxygen atoms in total. The smallest absolute Gasteiger partial charge is 0.330 e. The van der Waals surface area contributed by atoms with Crippen LogP contribution in [0.4, 0.5) is 0 Å². The van der Waals surface area contributed by atoms with Crippen molar-refractivity contribution in [3.63, 3.8) is 0 Å². The van der Waals surface area contributed by atoms with Crippen molar-refractivity contribution < 1.29 is 9.53 Å². The van der Waals surface area contributed by atoms with Crippen molar-refractivity contribution in [3.8, 4) is 0 Å². The molecule has 1 aliphatic rings. The Labute approximate surface area is 114 Å². The van der Waals surface area contributed by atoms with Crippen LogP contribution in [0.15, 0.2) is 36.4 Å². The molecule has 0 spiro atoms. The summed E-state index contributed by atoms with van der Waals surface area (Å²) in [5, 5.41) is 3.56. The topological polar surface area (TPSA) is 38.3 Å². The van der Waals surface area contributed by atoms with Crippen LogP contribution in [0.1, 0.15) is 31.9 Å². The number of carbonyl (C=O) groups excluding carboxylic acids is 1. The number of nitrogens with one attached hydrogen (secondary N) is 1. The van der Waals surface area contributed by atoms with Crippen LogP contribution in [-0.4, -0.2) is 13.1 Å². The van der Waals surface area contributed by atoms with Gasteiger partial charge in [-0.3, -0.25) is 5.32 Å². The van der Waals surface area contributed by atoms with Gasteiger partial charge in [-0.2, -0.15) is 0 Å². The maximum Gasteiger partial charge on any atom is 0.330 e. The van der Waals surface area contributed by atoms with Crippen LogP contribution in [0.3, 0.4) is 0 Å². The van der Waals surface area contributed by atoms with Gasteiger partial charge >= 0.3 is 5.97 Å². The van der Waals surface area contributed by atoms with Crippen LogP contribution in [0.25, 0.3) is 0 Å². The average molecular weight is 259 g/mol. The zero-order chi connectivity index (χ0) is 14.1. The Bertz CT molecular complexity index is 514. The number of hydrogen-bond donors (Lipinski definition) is 1. The second kappa shape index (κ2) is 4.82. The second-order valence-electron chi connectivity index (χ2n) is 5.93. The van der Waals surface area contributed by atoms with Gasteiger partial charge in [0.25, 0.3) is 0 Å². The first-order valence-corrected chi connectivity index (χ1v) is 6.51. The number of ether oxygens (including phenoxy) is 1. The Hall–Kier alpha value is -1.61. The molecular weight excluding hydrogens is 238 g/mol. The first-order valence-electron chi connectivity index (χ1n) is 6.51. The van der Waals surface area contributed by atoms with Crippen LogP contribution in [0.5, 0.6) is 0 Å². The first-order chi connectivity index (χ1) is 8.90. The Morgan fingerprint density at radius 1 is 1.37 bits per heavy atom. The van der Waals surface area contributed by atoms with Crippen LogP contribution < -0.4 is 5.32 Å². The van der Waals surface area contributed by atoms with E-state index in [4.69, 9.17) is 4.74 Å². The lowest BCUT2D eigenvalue weighted by atomic mass is 9.70. The minimum Gasteiger partial charge on any atom is -0.466 e. The molecule has 19 heavy (non-hydrogen) atoms. The largest absolute Gasteiger partial charge is 0.466 e. The number of carbonyl (C=O) groups is 1. The lowest BCUT2D eigenvalue weighted by Crippen LogP contribution is -2.46. The summed E-state index contributed by atoms with van der Waals surface area (Å²) in [7, 11) is 1.40. The Balaban J connectivity index is 2.50. The van der Waals surface area contributed by atoms with Crippen LogP contribution in [0, 0.1) is 5.41 Å². The van der Waals surface area contributed by atoms with Crippen molar-refractivity contribution in [1.29, 1.82) is 0 Å². The molecule has 1 atom stereocenters. The Morgan fingerprint density at radius 2 is 2.05 bits per heavy atom. The molecule has 0 saturated carbocycles. The summed E-state index contributed by atoms with van der Waals surface area (Å²) in [6.45, 7) is 7.33. The maximum atomic E-state index is 11.4. The molecule has 1 aliphatic heterocycles. The first kappa shape index (κ1) is 13.8. The summed E-state index contributed by atoms with van der Waals surface area (Å²) < 4.78 is 4.70. The molecule has 102 valence electrons. The second-order valence-corrected chi connectivity index (χ2v) is 5.93. The summed E-state index contributed by atoms with van der Waals surface area (Å²) >= 11 is 0. The van der Waals surface area contributed by atoms with Crippen molar-refractivity contribution >= 4 is 5.97 Å². The highest BCUT2D eigenvalue weighted by molar-refractivity contribution is 5.82. The normalized spacial score (nSPS) is 22.5. The molecule has 0 bridgehead atoms. The molecule has 3 heteroatoms. The van der Waals surface area contributed by atoms with Gasteiger partial charge in [-0.25, -0.2) is 4.79 Å². The summed E-state index contributed by atoms with van der Waals surface area (Å²) in [4.78, 5) is 11.4. The molecular formula is C16H21NO2. The molecule has 1 aromatic rings. The van der Waals surface area contributed by atoms with Gasteiger partial charge in [0.1, 0.15) is 0 Å². The molecule has 0 amide bonds. The van der Waals surface area contributed by atoms with E-state index in [0.29, 0.717) is 0 Å². The number of hydrogen-bond acceptors (Lipinski definition) is 3. The van der Waals surface area contributed by atoms with E-state index in [1.807, 2.05) is 18.2 Å². The predicted molar refractivity (Wildman–Crippen MR) is 75.6 cm³/mol. The van der Waals surface area contributed by atoms with Gasteiger partial charge in [-0.05, 0) is 16.5 Å². The van der Waals surface area contributed by atoms with E-state index in [9.17, 15) is 4.79 Å². The summed E-state index contributed by atoms with van der Waals surface area (Å²) in [6.07, 6.45) is 3.45. The zero-order valence-electron chi connectivity index (χ0n) is 12.0. The number of esters is 1. The summed E-state index contributed by atoms with van der Waals surface area (Å²) in [5.41, 5.74) is 2.14. The fourth-order valence-electron chi connectivity index (χ4n) is 2.72. The highest BCUT2D eigenvalue weighted by Gasteiger charge is 2.45. The molecule has 1 aromatic carbocycles. The van der Waals surface area contributed by atoms with Crippen LogP contribution in [-0.2, 0) is 21.6 Å². The van der Waals surface area contributed by atoms with E-state index < -0.39 is 0 Å². The van der Waals surface area contributed by atoms with E-state index >= 15 is 0 Å². The zero-order valence-corrected chi connectivity index (χ0v) is 12.0. The van der Waals surface area contributed by atoms with E-state index in [1.54, 1.807) is 0 Å². The Morgan fingerprint density at radius 3 is 2.68 bits per heavy atom. The number of rotatable bonds is 2. The predicted octanol–water partition coefficient (Wildman–Crippen LogP) is 2.76. The highest BCUT2D eigenvalue weighted by atomic mass is 16.5. The van der Waals surface area contributed by atoms with E-state index in [2.05, 4.69) is 38.2 Å². The van der Waals surface area contributed by atoms with Crippen molar-refractivity contribution in [2.24, 2.45) is 5.41 Å².